The molecule has 0 bridgehead atoms. The minimum Gasteiger partial charge on any atom is -0.324 e. The van der Waals surface area contributed by atoms with Gasteiger partial charge in [0.2, 0.25) is 5.91 Å². The molecule has 0 atom stereocenters. The van der Waals surface area contributed by atoms with Crippen molar-refractivity contribution in [3.8, 4) is 0 Å². The van der Waals surface area contributed by atoms with Crippen molar-refractivity contribution < 1.29 is 4.79 Å². The zero-order valence-electron chi connectivity index (χ0n) is 14.8. The van der Waals surface area contributed by atoms with Crippen molar-refractivity contribution in [3.63, 3.8) is 0 Å². The first kappa shape index (κ1) is 16.9. The van der Waals surface area contributed by atoms with Crippen molar-refractivity contribution in [2.45, 2.75) is 46.1 Å². The molecule has 134 valence electrons. The lowest BCUT2D eigenvalue weighted by molar-refractivity contribution is -0.117. The zero-order chi connectivity index (χ0) is 18.3. The Morgan fingerprint density at radius 1 is 1.19 bits per heavy atom. The van der Waals surface area contributed by atoms with Crippen molar-refractivity contribution >= 4 is 33.1 Å². The minimum atomic E-state index is -0.283. The van der Waals surface area contributed by atoms with Crippen LogP contribution in [0, 0.1) is 13.8 Å². The summed E-state index contributed by atoms with van der Waals surface area (Å²) in [7, 11) is 0. The van der Waals surface area contributed by atoms with E-state index in [0.717, 1.165) is 48.1 Å². The van der Waals surface area contributed by atoms with Crippen molar-refractivity contribution in [2.24, 2.45) is 0 Å². The summed E-state index contributed by atoms with van der Waals surface area (Å²) >= 11 is 1.56. The number of anilines is 1. The Morgan fingerprint density at radius 3 is 2.69 bits per heavy atom. The maximum absolute atomic E-state index is 12.8. The fourth-order valence-electron chi connectivity index (χ4n) is 3.59. The summed E-state index contributed by atoms with van der Waals surface area (Å²) in [5.74, 6) is -0.283. The van der Waals surface area contributed by atoms with Gasteiger partial charge in [-0.3, -0.25) is 9.59 Å². The summed E-state index contributed by atoms with van der Waals surface area (Å²) in [6.07, 6.45) is 4.15. The Hall–Kier alpha value is -2.54. The van der Waals surface area contributed by atoms with Crippen LogP contribution in [0.15, 0.2) is 23.0 Å². The fraction of sp³-hybridized carbons (Fsp3) is 0.368. The van der Waals surface area contributed by atoms with E-state index in [1.165, 1.54) is 9.56 Å². The van der Waals surface area contributed by atoms with E-state index in [4.69, 9.17) is 0 Å². The molecule has 1 N–H and O–H groups in total. The highest BCUT2D eigenvalue weighted by molar-refractivity contribution is 7.18. The summed E-state index contributed by atoms with van der Waals surface area (Å²) < 4.78 is 1.17. The number of rotatable bonds is 3. The average molecular weight is 368 g/mol. The summed E-state index contributed by atoms with van der Waals surface area (Å²) in [4.78, 5) is 27.2. The van der Waals surface area contributed by atoms with Gasteiger partial charge in [0.15, 0.2) is 4.83 Å². The molecule has 4 rings (SSSR count). The van der Waals surface area contributed by atoms with Gasteiger partial charge in [-0.25, -0.2) is 4.68 Å². The number of hydrogen-bond donors (Lipinski definition) is 1. The number of nitrogens with one attached hydrogen (secondary N) is 1. The molecule has 7 heteroatoms. The number of carbonyl (C=O) groups excluding carboxylic acids is 1. The Kier molecular flexibility index (Phi) is 4.32. The molecule has 1 aliphatic rings. The molecular weight excluding hydrogens is 348 g/mol. The van der Waals surface area contributed by atoms with Crippen LogP contribution in [-0.4, -0.2) is 20.9 Å². The molecule has 0 saturated heterocycles. The van der Waals surface area contributed by atoms with E-state index in [1.807, 2.05) is 32.0 Å². The molecule has 0 unspecified atom stereocenters. The van der Waals surface area contributed by atoms with E-state index in [2.05, 4.69) is 15.6 Å². The van der Waals surface area contributed by atoms with Gasteiger partial charge in [0, 0.05) is 10.6 Å². The first-order valence-corrected chi connectivity index (χ1v) is 9.59. The molecule has 26 heavy (non-hydrogen) atoms. The normalized spacial score (nSPS) is 13.6. The third-order valence-corrected chi connectivity index (χ3v) is 5.82. The van der Waals surface area contributed by atoms with E-state index >= 15 is 0 Å². The average Bonchev–Trinajstić information content (AvgIpc) is 2.95. The van der Waals surface area contributed by atoms with Gasteiger partial charge in [-0.2, -0.15) is 0 Å². The molecule has 0 radical (unpaired) electrons. The maximum atomic E-state index is 12.8. The maximum Gasteiger partial charge on any atom is 0.279 e. The lowest BCUT2D eigenvalue weighted by Gasteiger charge is -2.10. The number of fused-ring (bicyclic) bond motifs is 3. The lowest BCUT2D eigenvalue weighted by atomic mass is 9.97. The third kappa shape index (κ3) is 3.14. The summed E-state index contributed by atoms with van der Waals surface area (Å²) in [6, 6.07) is 5.84. The molecule has 2 aromatic heterocycles. The number of aryl methyl sites for hydroxylation is 4. The van der Waals surface area contributed by atoms with Crippen LogP contribution in [0.1, 0.15) is 34.4 Å². The van der Waals surface area contributed by atoms with Gasteiger partial charge >= 0.3 is 0 Å². The molecule has 0 aliphatic heterocycles. The minimum absolute atomic E-state index is 0.140. The molecule has 6 nitrogen and oxygen atoms in total. The van der Waals surface area contributed by atoms with Crippen LogP contribution in [0.3, 0.4) is 0 Å². The van der Waals surface area contributed by atoms with E-state index in [9.17, 15) is 9.59 Å². The SMILES string of the molecule is Cc1cc(C)cc(NC(=O)Cn2nnc3sc4c(c3c2=O)CCCC4)c1. The summed E-state index contributed by atoms with van der Waals surface area (Å²) in [5.41, 5.74) is 3.76. The van der Waals surface area contributed by atoms with Crippen molar-refractivity contribution in [2.75, 3.05) is 5.32 Å². The van der Waals surface area contributed by atoms with Gasteiger partial charge in [-0.15, -0.1) is 16.4 Å². The van der Waals surface area contributed by atoms with E-state index in [0.29, 0.717) is 10.2 Å². The Labute approximate surface area is 154 Å². The molecule has 0 fully saturated rings. The number of thiophene rings is 1. The van der Waals surface area contributed by atoms with Crippen LogP contribution in [0.2, 0.25) is 0 Å². The van der Waals surface area contributed by atoms with Crippen LogP contribution in [0.25, 0.3) is 10.2 Å². The first-order chi connectivity index (χ1) is 12.5. The van der Waals surface area contributed by atoms with Gasteiger partial charge in [-0.05, 0) is 68.4 Å². The molecular formula is C19H20N4O2S. The Bertz CT molecular complexity index is 1050. The highest BCUT2D eigenvalue weighted by Gasteiger charge is 2.21. The van der Waals surface area contributed by atoms with Gasteiger partial charge < -0.3 is 5.32 Å². The zero-order valence-corrected chi connectivity index (χ0v) is 15.7. The number of hydrogen-bond acceptors (Lipinski definition) is 5. The molecule has 1 aromatic carbocycles. The second-order valence-electron chi connectivity index (χ2n) is 6.87. The molecule has 1 aliphatic carbocycles. The van der Waals surface area contributed by atoms with Crippen molar-refractivity contribution in [1.82, 2.24) is 15.0 Å². The molecule has 0 saturated carbocycles. The first-order valence-electron chi connectivity index (χ1n) is 8.77. The number of benzene rings is 1. The third-order valence-electron chi connectivity index (χ3n) is 4.64. The van der Waals surface area contributed by atoms with E-state index in [-0.39, 0.29) is 18.0 Å². The van der Waals surface area contributed by atoms with Crippen LogP contribution < -0.4 is 10.9 Å². The smallest absolute Gasteiger partial charge is 0.279 e. The molecule has 1 amide bonds. The standard InChI is InChI=1S/C19H20N4O2S/c1-11-7-12(2)9-13(8-11)20-16(24)10-23-19(25)17-14-5-3-4-6-15(14)26-18(17)21-22-23/h7-9H,3-6,10H2,1-2H3,(H,20,24). The molecule has 3 aromatic rings. The molecule has 0 spiro atoms. The summed E-state index contributed by atoms with van der Waals surface area (Å²) in [5, 5.41) is 11.6. The number of amides is 1. The van der Waals surface area contributed by atoms with Crippen molar-refractivity contribution in [3.05, 3.63) is 50.1 Å². The number of aromatic nitrogens is 3. The van der Waals surface area contributed by atoms with E-state index < -0.39 is 0 Å². The van der Waals surface area contributed by atoms with Gasteiger partial charge in [-0.1, -0.05) is 11.3 Å². The highest BCUT2D eigenvalue weighted by Crippen LogP contribution is 2.33. The highest BCUT2D eigenvalue weighted by atomic mass is 32.1. The van der Waals surface area contributed by atoms with E-state index in [1.54, 1.807) is 11.3 Å². The van der Waals surface area contributed by atoms with Crippen LogP contribution in [0.4, 0.5) is 5.69 Å². The predicted molar refractivity (Wildman–Crippen MR) is 103 cm³/mol. The topological polar surface area (TPSA) is 76.9 Å². The van der Waals surface area contributed by atoms with Crippen LogP contribution in [-0.2, 0) is 24.2 Å². The second-order valence-corrected chi connectivity index (χ2v) is 7.95. The quantitative estimate of drug-likeness (QED) is 0.771. The van der Waals surface area contributed by atoms with Gasteiger partial charge in [0.05, 0.1) is 5.39 Å². The van der Waals surface area contributed by atoms with Crippen LogP contribution >= 0.6 is 11.3 Å². The monoisotopic (exact) mass is 368 g/mol. The van der Waals surface area contributed by atoms with Crippen LogP contribution in [0.5, 0.6) is 0 Å². The van der Waals surface area contributed by atoms with Gasteiger partial charge in [0.1, 0.15) is 6.54 Å². The second kappa shape index (κ2) is 6.64. The largest absolute Gasteiger partial charge is 0.324 e. The van der Waals surface area contributed by atoms with Crippen molar-refractivity contribution in [1.29, 1.82) is 0 Å². The number of nitrogens with zero attached hydrogens (tertiary/aromatic N) is 3. The molecule has 2 heterocycles. The van der Waals surface area contributed by atoms with Gasteiger partial charge in [0.25, 0.3) is 5.56 Å². The Morgan fingerprint density at radius 2 is 1.92 bits per heavy atom. The lowest BCUT2D eigenvalue weighted by Crippen LogP contribution is -2.30. The fourth-order valence-corrected chi connectivity index (χ4v) is 4.79. The number of carbonyl (C=O) groups is 1. The Balaban J connectivity index is 1.61. The predicted octanol–water partition coefficient (Wildman–Crippen LogP) is 2.99. The summed E-state index contributed by atoms with van der Waals surface area (Å²) in [6.45, 7) is 3.82.